The maximum absolute atomic E-state index is 6.76. The van der Waals surface area contributed by atoms with E-state index in [-0.39, 0.29) is 6.71 Å². The zero-order chi connectivity index (χ0) is 42.3. The molecule has 0 saturated heterocycles. The van der Waals surface area contributed by atoms with E-state index in [1.807, 2.05) is 0 Å². The second-order valence-corrected chi connectivity index (χ2v) is 22.4. The third-order valence-corrected chi connectivity index (χ3v) is 17.8. The van der Waals surface area contributed by atoms with Gasteiger partial charge in [0.25, 0.3) is 6.71 Å². The van der Waals surface area contributed by atoms with Gasteiger partial charge in [0.15, 0.2) is 0 Å². The molecule has 10 aromatic carbocycles. The fourth-order valence-corrected chi connectivity index (χ4v) is 13.6. The van der Waals surface area contributed by atoms with Gasteiger partial charge in [0.2, 0.25) is 0 Å². The van der Waals surface area contributed by atoms with E-state index < -0.39 is 8.07 Å². The lowest BCUT2D eigenvalue weighted by Crippen LogP contribution is -2.63. The Morgan fingerprint density at radius 1 is 0.375 bits per heavy atom. The smallest absolute Gasteiger partial charge is 0.252 e. The van der Waals surface area contributed by atoms with Gasteiger partial charge < -0.3 is 18.6 Å². The van der Waals surface area contributed by atoms with E-state index in [0.29, 0.717) is 0 Å². The Labute approximate surface area is 371 Å². The van der Waals surface area contributed by atoms with E-state index in [9.17, 15) is 0 Å². The van der Waals surface area contributed by atoms with Gasteiger partial charge in [-0.1, -0.05) is 163 Å². The van der Waals surface area contributed by atoms with Crippen LogP contribution in [-0.4, -0.2) is 14.8 Å². The molecule has 2 aliphatic heterocycles. The topological polar surface area (TPSA) is 32.8 Å². The van der Waals surface area contributed by atoms with Gasteiger partial charge in [-0.3, -0.25) is 0 Å². The monoisotopic (exact) mass is 834 g/mol. The second kappa shape index (κ2) is 13.1. The van der Waals surface area contributed by atoms with Crippen LogP contribution in [0.4, 0.5) is 34.1 Å². The van der Waals surface area contributed by atoms with Crippen LogP contribution in [0.25, 0.3) is 65.4 Å². The molecule has 64 heavy (non-hydrogen) atoms. The molecule has 0 radical (unpaired) electrons. The fraction of sp³-hybridized carbons (Fsp3) is 0.0345. The van der Waals surface area contributed by atoms with Gasteiger partial charge in [0.1, 0.15) is 30.4 Å². The highest BCUT2D eigenvalue weighted by Gasteiger charge is 2.46. The van der Waals surface area contributed by atoms with Crippen molar-refractivity contribution in [3.63, 3.8) is 0 Å². The molecule has 0 aliphatic carbocycles. The third-order valence-electron chi connectivity index (χ3n) is 14.3. The Bertz CT molecular complexity index is 3670. The normalized spacial score (nSPS) is 13.4. The molecule has 0 amide bonds. The van der Waals surface area contributed by atoms with Crippen molar-refractivity contribution in [1.29, 1.82) is 0 Å². The molecule has 300 valence electrons. The van der Waals surface area contributed by atoms with Crippen molar-refractivity contribution < 1.29 is 8.83 Å². The molecule has 0 unspecified atom stereocenters. The molecule has 12 aromatic rings. The van der Waals surface area contributed by atoms with Crippen molar-refractivity contribution >= 4 is 141 Å². The van der Waals surface area contributed by atoms with Gasteiger partial charge in [-0.25, -0.2) is 0 Å². The van der Waals surface area contributed by atoms with Crippen LogP contribution in [-0.2, 0) is 0 Å². The number of fused-ring (bicyclic) bond motifs is 16. The molecule has 4 heterocycles. The molecule has 0 N–H and O–H groups in total. The van der Waals surface area contributed by atoms with E-state index in [0.717, 1.165) is 66.0 Å². The lowest BCUT2D eigenvalue weighted by Gasteiger charge is -2.45. The first-order valence-corrected chi connectivity index (χ1v) is 25.2. The average Bonchev–Trinajstić information content (AvgIpc) is 3.93. The van der Waals surface area contributed by atoms with Crippen molar-refractivity contribution in [2.75, 3.05) is 9.80 Å². The molecule has 0 spiro atoms. The van der Waals surface area contributed by atoms with Crippen molar-refractivity contribution in [3.8, 4) is 0 Å². The third kappa shape index (κ3) is 4.83. The maximum atomic E-state index is 6.76. The standard InChI is InChI=1S/C58H39BN2O2Si/c1-64(2,38-20-10-5-11-21-38)39-34-50-54-51(35-39)61(37-18-8-4-9-19-37)56-43-27-29-45-41-23-13-15-25-53(41)63-58(45)47(43)31-33-49(56)59(54)48-32-30-46-42(55(48)60(50)36-16-6-3-7-17-36)26-28-44-40-22-12-14-24-52(40)62-57(44)46/h3-35H,1-2H3. The first-order valence-electron chi connectivity index (χ1n) is 22.2. The maximum Gasteiger partial charge on any atom is 0.252 e. The SMILES string of the molecule is C[Si](C)(c1ccccc1)c1cc2c3c(c1)N(c1ccccc1)c1c(ccc4c1ccc1c5ccccc5oc41)B3c1ccc3c(ccc4c5ccccc5oc34)c1N2c1ccccc1. The lowest BCUT2D eigenvalue weighted by molar-refractivity contribution is 0.672. The van der Waals surface area contributed by atoms with Crippen LogP contribution < -0.4 is 36.6 Å². The van der Waals surface area contributed by atoms with Crippen LogP contribution in [0.1, 0.15) is 0 Å². The van der Waals surface area contributed by atoms with E-state index in [1.54, 1.807) is 0 Å². The highest BCUT2D eigenvalue weighted by Crippen LogP contribution is 2.49. The van der Waals surface area contributed by atoms with E-state index in [1.165, 1.54) is 60.3 Å². The van der Waals surface area contributed by atoms with Crippen LogP contribution in [0, 0.1) is 0 Å². The van der Waals surface area contributed by atoms with Crippen molar-refractivity contribution in [1.82, 2.24) is 0 Å². The molecule has 0 saturated carbocycles. The predicted molar refractivity (Wildman–Crippen MR) is 273 cm³/mol. The average molecular weight is 835 g/mol. The minimum atomic E-state index is -2.31. The van der Waals surface area contributed by atoms with Crippen molar-refractivity contribution in [2.45, 2.75) is 13.1 Å². The lowest BCUT2D eigenvalue weighted by atomic mass is 9.33. The van der Waals surface area contributed by atoms with Gasteiger partial charge in [-0.05, 0) is 77.1 Å². The van der Waals surface area contributed by atoms with Crippen molar-refractivity contribution in [2.24, 2.45) is 0 Å². The number of para-hydroxylation sites is 4. The van der Waals surface area contributed by atoms with Crippen LogP contribution in [0.2, 0.25) is 13.1 Å². The Morgan fingerprint density at radius 2 is 0.766 bits per heavy atom. The Morgan fingerprint density at radius 3 is 1.25 bits per heavy atom. The number of hydrogen-bond donors (Lipinski definition) is 0. The first-order chi connectivity index (χ1) is 31.5. The minimum absolute atomic E-state index is 0.0722. The molecule has 6 heteroatoms. The summed E-state index contributed by atoms with van der Waals surface area (Å²) in [5.74, 6) is 0. The Hall–Kier alpha value is -7.80. The first kappa shape index (κ1) is 35.8. The van der Waals surface area contributed by atoms with E-state index >= 15 is 0 Å². The summed E-state index contributed by atoms with van der Waals surface area (Å²) in [7, 11) is -2.31. The molecule has 14 rings (SSSR count). The summed E-state index contributed by atoms with van der Waals surface area (Å²) in [5.41, 5.74) is 14.6. The molecule has 2 aromatic heterocycles. The molecule has 2 aliphatic rings. The summed E-state index contributed by atoms with van der Waals surface area (Å²) in [6.07, 6.45) is 0. The van der Waals surface area contributed by atoms with E-state index in [4.69, 9.17) is 8.83 Å². The number of nitrogens with zero attached hydrogens (tertiary/aromatic N) is 2. The number of benzene rings is 10. The van der Waals surface area contributed by atoms with Gasteiger partial charge in [-0.15, -0.1) is 0 Å². The Balaban J connectivity index is 1.15. The zero-order valence-corrected chi connectivity index (χ0v) is 36.3. The predicted octanol–water partition coefficient (Wildman–Crippen LogP) is 12.7. The Kier molecular flexibility index (Phi) is 7.33. The minimum Gasteiger partial charge on any atom is -0.455 e. The molecule has 0 fully saturated rings. The zero-order valence-electron chi connectivity index (χ0n) is 35.3. The second-order valence-electron chi connectivity index (χ2n) is 18.0. The van der Waals surface area contributed by atoms with Gasteiger partial charge in [0.05, 0.1) is 0 Å². The molecule has 0 bridgehead atoms. The molecular weight excluding hydrogens is 796 g/mol. The van der Waals surface area contributed by atoms with Crippen LogP contribution >= 0.6 is 0 Å². The highest BCUT2D eigenvalue weighted by molar-refractivity contribution is 7.02. The number of anilines is 6. The molecule has 0 atom stereocenters. The van der Waals surface area contributed by atoms with Gasteiger partial charge >= 0.3 is 0 Å². The summed E-state index contributed by atoms with van der Waals surface area (Å²) in [6.45, 7) is 4.93. The number of rotatable bonds is 4. The summed E-state index contributed by atoms with van der Waals surface area (Å²) in [5, 5.41) is 11.9. The van der Waals surface area contributed by atoms with Gasteiger partial charge in [-0.2, -0.15) is 0 Å². The number of hydrogen-bond acceptors (Lipinski definition) is 4. The number of furan rings is 2. The summed E-state index contributed by atoms with van der Waals surface area (Å²) in [6, 6.07) is 73.6. The summed E-state index contributed by atoms with van der Waals surface area (Å²) in [4.78, 5) is 5.13. The quantitative estimate of drug-likeness (QED) is 0.165. The fourth-order valence-electron chi connectivity index (χ4n) is 11.2. The summed E-state index contributed by atoms with van der Waals surface area (Å²) >= 11 is 0. The van der Waals surface area contributed by atoms with Crippen LogP contribution in [0.3, 0.4) is 0 Å². The molecular formula is C58H39BN2O2Si. The van der Waals surface area contributed by atoms with Gasteiger partial charge in [0, 0.05) is 77.2 Å². The van der Waals surface area contributed by atoms with E-state index in [2.05, 4.69) is 223 Å². The largest absolute Gasteiger partial charge is 0.455 e. The molecule has 4 nitrogen and oxygen atoms in total. The van der Waals surface area contributed by atoms with Crippen LogP contribution in [0.5, 0.6) is 0 Å². The highest BCUT2D eigenvalue weighted by atomic mass is 28.3. The van der Waals surface area contributed by atoms with Crippen LogP contribution in [0.15, 0.2) is 209 Å². The summed E-state index contributed by atoms with van der Waals surface area (Å²) < 4.78 is 13.5. The van der Waals surface area contributed by atoms with Crippen molar-refractivity contribution in [3.05, 3.63) is 200 Å².